The fourth-order valence-electron chi connectivity index (χ4n) is 3.34. The molecule has 2 rings (SSSR count). The molecule has 2 fully saturated rings. The maximum absolute atomic E-state index is 12.3. The number of amides is 1. The third-order valence-electron chi connectivity index (χ3n) is 4.43. The van der Waals surface area contributed by atoms with Crippen LogP contribution in [0.15, 0.2) is 0 Å². The molecule has 2 N–H and O–H groups in total. The molecule has 18 heavy (non-hydrogen) atoms. The van der Waals surface area contributed by atoms with Crippen LogP contribution >= 0.6 is 0 Å². The van der Waals surface area contributed by atoms with Gasteiger partial charge in [-0.1, -0.05) is 6.42 Å². The largest absolute Gasteiger partial charge is 0.384 e. The Morgan fingerprint density at radius 2 is 2.17 bits per heavy atom. The molecule has 4 heteroatoms. The summed E-state index contributed by atoms with van der Waals surface area (Å²) < 4.78 is 5.20. The second-order valence-corrected chi connectivity index (χ2v) is 5.86. The molecule has 1 heterocycles. The van der Waals surface area contributed by atoms with Crippen molar-refractivity contribution >= 4 is 5.91 Å². The average molecular weight is 254 g/mol. The van der Waals surface area contributed by atoms with Gasteiger partial charge in [-0.15, -0.1) is 0 Å². The molecule has 0 bridgehead atoms. The van der Waals surface area contributed by atoms with E-state index in [1.807, 2.05) is 4.90 Å². The van der Waals surface area contributed by atoms with Crippen LogP contribution in [-0.4, -0.2) is 43.7 Å². The van der Waals surface area contributed by atoms with Crippen molar-refractivity contribution < 1.29 is 9.53 Å². The molecule has 0 aromatic carbocycles. The van der Waals surface area contributed by atoms with Gasteiger partial charge in [0.15, 0.2) is 0 Å². The topological polar surface area (TPSA) is 55.6 Å². The first-order valence-corrected chi connectivity index (χ1v) is 7.23. The molecule has 1 unspecified atom stereocenters. The van der Waals surface area contributed by atoms with Crippen LogP contribution in [0, 0.1) is 11.8 Å². The van der Waals surface area contributed by atoms with Crippen molar-refractivity contribution in [2.45, 2.75) is 44.6 Å². The lowest BCUT2D eigenvalue weighted by Gasteiger charge is -2.33. The highest BCUT2D eigenvalue weighted by molar-refractivity contribution is 5.76. The number of likely N-dealkylation sites (tertiary alicyclic amines) is 1. The van der Waals surface area contributed by atoms with Gasteiger partial charge in [0.25, 0.3) is 0 Å². The molecule has 104 valence electrons. The number of carbonyl (C=O) groups excluding carboxylic acids is 1. The summed E-state index contributed by atoms with van der Waals surface area (Å²) in [5.74, 6) is 1.24. The Bertz CT molecular complexity index is 281. The van der Waals surface area contributed by atoms with Gasteiger partial charge in [-0.3, -0.25) is 4.79 Å². The summed E-state index contributed by atoms with van der Waals surface area (Å²) in [6.07, 6.45) is 6.34. The van der Waals surface area contributed by atoms with Crippen LogP contribution in [0.5, 0.6) is 0 Å². The normalized spacial score (nSPS) is 32.8. The minimum atomic E-state index is 0.244. The lowest BCUT2D eigenvalue weighted by atomic mass is 9.96. The molecule has 0 aromatic heterocycles. The zero-order valence-corrected chi connectivity index (χ0v) is 11.4. The van der Waals surface area contributed by atoms with E-state index in [1.54, 1.807) is 7.11 Å². The minimum Gasteiger partial charge on any atom is -0.384 e. The number of carbonyl (C=O) groups is 1. The van der Waals surface area contributed by atoms with Crippen LogP contribution in [-0.2, 0) is 9.53 Å². The van der Waals surface area contributed by atoms with Gasteiger partial charge >= 0.3 is 0 Å². The van der Waals surface area contributed by atoms with Crippen molar-refractivity contribution in [1.29, 1.82) is 0 Å². The Morgan fingerprint density at radius 1 is 1.33 bits per heavy atom. The van der Waals surface area contributed by atoms with Gasteiger partial charge in [-0.2, -0.15) is 0 Å². The van der Waals surface area contributed by atoms with Crippen LogP contribution in [0.4, 0.5) is 0 Å². The van der Waals surface area contributed by atoms with Gasteiger partial charge in [0.05, 0.1) is 6.61 Å². The third kappa shape index (κ3) is 3.45. The fourth-order valence-corrected chi connectivity index (χ4v) is 3.34. The van der Waals surface area contributed by atoms with Crippen molar-refractivity contribution in [2.24, 2.45) is 17.6 Å². The Hall–Kier alpha value is -0.610. The van der Waals surface area contributed by atoms with E-state index < -0.39 is 0 Å². The first-order chi connectivity index (χ1) is 8.70. The van der Waals surface area contributed by atoms with E-state index in [9.17, 15) is 4.79 Å². The molecule has 1 amide bonds. The van der Waals surface area contributed by atoms with Gasteiger partial charge in [-0.25, -0.2) is 0 Å². The lowest BCUT2D eigenvalue weighted by Crippen LogP contribution is -2.42. The number of hydrogen-bond donors (Lipinski definition) is 1. The van der Waals surface area contributed by atoms with E-state index >= 15 is 0 Å². The molecule has 4 nitrogen and oxygen atoms in total. The van der Waals surface area contributed by atoms with Crippen molar-refractivity contribution in [1.82, 2.24) is 4.90 Å². The number of piperidine rings is 1. The maximum Gasteiger partial charge on any atom is 0.222 e. The highest BCUT2D eigenvalue weighted by Gasteiger charge is 2.30. The summed E-state index contributed by atoms with van der Waals surface area (Å²) in [6, 6.07) is 0.244. The van der Waals surface area contributed by atoms with Crippen LogP contribution < -0.4 is 5.73 Å². The van der Waals surface area contributed by atoms with E-state index in [0.29, 0.717) is 24.2 Å². The van der Waals surface area contributed by atoms with Crippen LogP contribution in [0.25, 0.3) is 0 Å². The Kier molecular flexibility index (Phi) is 5.01. The number of nitrogens with zero attached hydrogens (tertiary/aromatic N) is 1. The van der Waals surface area contributed by atoms with Crippen molar-refractivity contribution in [3.8, 4) is 0 Å². The summed E-state index contributed by atoms with van der Waals surface area (Å²) >= 11 is 0. The highest BCUT2D eigenvalue weighted by atomic mass is 16.5. The maximum atomic E-state index is 12.3. The summed E-state index contributed by atoms with van der Waals surface area (Å²) in [4.78, 5) is 14.3. The summed E-state index contributed by atoms with van der Waals surface area (Å²) in [5.41, 5.74) is 6.04. The molecular weight excluding hydrogens is 228 g/mol. The smallest absolute Gasteiger partial charge is 0.222 e. The van der Waals surface area contributed by atoms with E-state index in [-0.39, 0.29) is 6.04 Å². The molecular formula is C14H26N2O2. The molecule has 1 aliphatic carbocycles. The molecule has 3 atom stereocenters. The van der Waals surface area contributed by atoms with Gasteiger partial charge in [0.2, 0.25) is 5.91 Å². The first-order valence-electron chi connectivity index (χ1n) is 7.23. The predicted molar refractivity (Wildman–Crippen MR) is 71.1 cm³/mol. The zero-order chi connectivity index (χ0) is 13.0. The summed E-state index contributed by atoms with van der Waals surface area (Å²) in [7, 11) is 1.73. The quantitative estimate of drug-likeness (QED) is 0.825. The average Bonchev–Trinajstić information content (AvgIpc) is 2.76. The molecule has 1 saturated heterocycles. The molecule has 0 radical (unpaired) electrons. The van der Waals surface area contributed by atoms with Crippen LogP contribution in [0.3, 0.4) is 0 Å². The van der Waals surface area contributed by atoms with Crippen molar-refractivity contribution in [3.05, 3.63) is 0 Å². The zero-order valence-electron chi connectivity index (χ0n) is 11.4. The molecule has 1 saturated carbocycles. The molecule has 0 aromatic rings. The number of rotatable bonds is 4. The van der Waals surface area contributed by atoms with Gasteiger partial charge < -0.3 is 15.4 Å². The van der Waals surface area contributed by atoms with Gasteiger partial charge in [-0.05, 0) is 37.5 Å². The van der Waals surface area contributed by atoms with Crippen LogP contribution in [0.2, 0.25) is 0 Å². The highest BCUT2D eigenvalue weighted by Crippen LogP contribution is 2.28. The first kappa shape index (κ1) is 13.8. The van der Waals surface area contributed by atoms with E-state index in [4.69, 9.17) is 10.5 Å². The molecule has 0 spiro atoms. The minimum absolute atomic E-state index is 0.244. The molecule has 1 aliphatic heterocycles. The standard InChI is InChI=1S/C14H26N2O2/c1-18-10-11-4-3-7-16(9-11)14(17)8-12-5-2-6-13(12)15/h11-13H,2-10,15H2,1H3/t11?,12-,13+/m0/s1. The monoisotopic (exact) mass is 254 g/mol. The SMILES string of the molecule is COCC1CCCN(C(=O)C[C@@H]2CCC[C@H]2N)C1. The van der Waals surface area contributed by atoms with Gasteiger partial charge in [0.1, 0.15) is 0 Å². The van der Waals surface area contributed by atoms with E-state index in [2.05, 4.69) is 0 Å². The van der Waals surface area contributed by atoms with Crippen molar-refractivity contribution in [3.63, 3.8) is 0 Å². The van der Waals surface area contributed by atoms with Gasteiger partial charge in [0, 0.05) is 32.7 Å². The number of ether oxygens (including phenoxy) is 1. The molecule has 2 aliphatic rings. The Labute approximate surface area is 110 Å². The van der Waals surface area contributed by atoms with Crippen molar-refractivity contribution in [2.75, 3.05) is 26.8 Å². The predicted octanol–water partition coefficient (Wildman–Crippen LogP) is 1.39. The number of methoxy groups -OCH3 is 1. The lowest BCUT2D eigenvalue weighted by molar-refractivity contribution is -0.134. The van der Waals surface area contributed by atoms with Crippen LogP contribution in [0.1, 0.15) is 38.5 Å². The summed E-state index contributed by atoms with van der Waals surface area (Å²) in [6.45, 7) is 2.56. The Balaban J connectivity index is 1.80. The fraction of sp³-hybridized carbons (Fsp3) is 0.929. The second kappa shape index (κ2) is 6.53. The van der Waals surface area contributed by atoms with E-state index in [0.717, 1.165) is 39.0 Å². The third-order valence-corrected chi connectivity index (χ3v) is 4.43. The van der Waals surface area contributed by atoms with E-state index in [1.165, 1.54) is 12.8 Å². The summed E-state index contributed by atoms with van der Waals surface area (Å²) in [5, 5.41) is 0. The Morgan fingerprint density at radius 3 is 2.83 bits per heavy atom. The number of hydrogen-bond acceptors (Lipinski definition) is 3. The number of nitrogens with two attached hydrogens (primary N) is 1. The second-order valence-electron chi connectivity index (χ2n) is 5.86.